The van der Waals surface area contributed by atoms with E-state index < -0.39 is 0 Å². The highest BCUT2D eigenvalue weighted by molar-refractivity contribution is 9.09. The van der Waals surface area contributed by atoms with Gasteiger partial charge < -0.3 is 0 Å². The molecule has 15 heavy (non-hydrogen) atoms. The molecule has 0 radical (unpaired) electrons. The van der Waals surface area contributed by atoms with Gasteiger partial charge in [-0.2, -0.15) is 5.10 Å². The van der Waals surface area contributed by atoms with E-state index >= 15 is 0 Å². The SMILES string of the molecule is CCCC(Br)CCc1c(C)nn(C)c1Cl. The van der Waals surface area contributed by atoms with Crippen LogP contribution in [0.3, 0.4) is 0 Å². The molecule has 0 aliphatic heterocycles. The second kappa shape index (κ2) is 5.90. The normalized spacial score (nSPS) is 13.1. The molecule has 86 valence electrons. The maximum Gasteiger partial charge on any atom is 0.130 e. The molecule has 0 amide bonds. The summed E-state index contributed by atoms with van der Waals surface area (Å²) in [5.74, 6) is 0. The van der Waals surface area contributed by atoms with Crippen LogP contribution in [0.4, 0.5) is 0 Å². The first-order valence-electron chi connectivity index (χ1n) is 5.38. The van der Waals surface area contributed by atoms with E-state index in [9.17, 15) is 0 Å². The quantitative estimate of drug-likeness (QED) is 0.753. The number of aryl methyl sites for hydroxylation is 2. The van der Waals surface area contributed by atoms with Crippen LogP contribution in [0.25, 0.3) is 0 Å². The van der Waals surface area contributed by atoms with Gasteiger partial charge in [-0.25, -0.2) is 0 Å². The summed E-state index contributed by atoms with van der Waals surface area (Å²) in [6.07, 6.45) is 4.57. The monoisotopic (exact) mass is 292 g/mol. The van der Waals surface area contributed by atoms with Gasteiger partial charge >= 0.3 is 0 Å². The molecule has 1 aromatic heterocycles. The van der Waals surface area contributed by atoms with E-state index in [1.165, 1.54) is 18.4 Å². The smallest absolute Gasteiger partial charge is 0.130 e. The molecule has 0 aromatic carbocycles. The van der Waals surface area contributed by atoms with Crippen LogP contribution in [-0.2, 0) is 13.5 Å². The lowest BCUT2D eigenvalue weighted by molar-refractivity contribution is 0.691. The van der Waals surface area contributed by atoms with Crippen LogP contribution in [-0.4, -0.2) is 14.6 Å². The maximum atomic E-state index is 6.16. The number of hydrogen-bond donors (Lipinski definition) is 0. The summed E-state index contributed by atoms with van der Waals surface area (Å²) in [6.45, 7) is 4.22. The van der Waals surface area contributed by atoms with Crippen LogP contribution in [0.2, 0.25) is 5.15 Å². The molecule has 2 nitrogen and oxygen atoms in total. The average Bonchev–Trinajstić information content (AvgIpc) is 2.40. The minimum Gasteiger partial charge on any atom is -0.257 e. The number of aromatic nitrogens is 2. The molecule has 0 saturated carbocycles. The highest BCUT2D eigenvalue weighted by Gasteiger charge is 2.12. The van der Waals surface area contributed by atoms with Gasteiger partial charge in [0, 0.05) is 17.4 Å². The summed E-state index contributed by atoms with van der Waals surface area (Å²) >= 11 is 9.84. The molecule has 0 aliphatic carbocycles. The molecule has 0 spiro atoms. The van der Waals surface area contributed by atoms with Crippen molar-refractivity contribution >= 4 is 27.5 Å². The summed E-state index contributed by atoms with van der Waals surface area (Å²) in [4.78, 5) is 0.596. The van der Waals surface area contributed by atoms with Gasteiger partial charge in [-0.1, -0.05) is 40.9 Å². The Hall–Kier alpha value is -0.0200. The Kier molecular flexibility index (Phi) is 5.13. The average molecular weight is 294 g/mol. The van der Waals surface area contributed by atoms with Crippen molar-refractivity contribution in [3.8, 4) is 0 Å². The number of halogens is 2. The molecular weight excluding hydrogens is 275 g/mol. The van der Waals surface area contributed by atoms with E-state index in [1.54, 1.807) is 4.68 Å². The fraction of sp³-hybridized carbons (Fsp3) is 0.727. The summed E-state index contributed by atoms with van der Waals surface area (Å²) in [5, 5.41) is 5.09. The standard InChI is InChI=1S/C11H18BrClN2/c1-4-5-9(12)6-7-10-8(2)14-15(3)11(10)13/h9H,4-7H2,1-3H3. The van der Waals surface area contributed by atoms with Gasteiger partial charge in [0.25, 0.3) is 0 Å². The van der Waals surface area contributed by atoms with Crippen molar-refractivity contribution in [2.75, 3.05) is 0 Å². The van der Waals surface area contributed by atoms with Crippen LogP contribution in [0.1, 0.15) is 37.4 Å². The first kappa shape index (κ1) is 13.0. The van der Waals surface area contributed by atoms with E-state index in [0.29, 0.717) is 4.83 Å². The first-order chi connectivity index (χ1) is 7.06. The number of nitrogens with zero attached hydrogens (tertiary/aromatic N) is 2. The largest absolute Gasteiger partial charge is 0.257 e. The third-order valence-electron chi connectivity index (χ3n) is 2.58. The molecule has 1 heterocycles. The predicted octanol–water partition coefficient (Wildman–Crippen LogP) is 3.88. The molecular formula is C11H18BrClN2. The first-order valence-corrected chi connectivity index (χ1v) is 6.67. The zero-order valence-corrected chi connectivity index (χ0v) is 11.9. The lowest BCUT2D eigenvalue weighted by atomic mass is 10.1. The Morgan fingerprint density at radius 2 is 2.13 bits per heavy atom. The molecule has 1 rings (SSSR count). The van der Waals surface area contributed by atoms with E-state index in [0.717, 1.165) is 23.7 Å². The lowest BCUT2D eigenvalue weighted by Gasteiger charge is -2.07. The van der Waals surface area contributed by atoms with Crippen molar-refractivity contribution in [2.24, 2.45) is 7.05 Å². The molecule has 4 heteroatoms. The van der Waals surface area contributed by atoms with Crippen LogP contribution in [0, 0.1) is 6.92 Å². The van der Waals surface area contributed by atoms with Gasteiger partial charge in [0.15, 0.2) is 0 Å². The Bertz CT molecular complexity index is 323. The van der Waals surface area contributed by atoms with Gasteiger partial charge in [-0.15, -0.1) is 0 Å². The Labute approximate surface area is 105 Å². The highest BCUT2D eigenvalue weighted by Crippen LogP contribution is 2.23. The zero-order chi connectivity index (χ0) is 11.4. The van der Waals surface area contributed by atoms with Crippen LogP contribution in [0.15, 0.2) is 0 Å². The fourth-order valence-electron chi connectivity index (χ4n) is 1.72. The van der Waals surface area contributed by atoms with Crippen molar-refractivity contribution in [3.63, 3.8) is 0 Å². The highest BCUT2D eigenvalue weighted by atomic mass is 79.9. The van der Waals surface area contributed by atoms with Gasteiger partial charge in [0.2, 0.25) is 0 Å². The number of rotatable bonds is 5. The minimum atomic E-state index is 0.596. The van der Waals surface area contributed by atoms with E-state index in [-0.39, 0.29) is 0 Å². The molecule has 0 aliphatic rings. The summed E-state index contributed by atoms with van der Waals surface area (Å²) in [7, 11) is 1.89. The van der Waals surface area contributed by atoms with Crippen molar-refractivity contribution in [1.29, 1.82) is 0 Å². The second-order valence-corrected chi connectivity index (χ2v) is 5.56. The number of alkyl halides is 1. The fourth-order valence-corrected chi connectivity index (χ4v) is 2.67. The van der Waals surface area contributed by atoms with Crippen molar-refractivity contribution < 1.29 is 0 Å². The summed E-state index contributed by atoms with van der Waals surface area (Å²) in [5.41, 5.74) is 2.25. The number of hydrogen-bond acceptors (Lipinski definition) is 1. The van der Waals surface area contributed by atoms with Crippen molar-refractivity contribution in [2.45, 2.75) is 44.4 Å². The Morgan fingerprint density at radius 1 is 1.47 bits per heavy atom. The molecule has 0 fully saturated rings. The minimum absolute atomic E-state index is 0.596. The van der Waals surface area contributed by atoms with Gasteiger partial charge in [-0.05, 0) is 26.2 Å². The van der Waals surface area contributed by atoms with Crippen LogP contribution in [0.5, 0.6) is 0 Å². The molecule has 1 atom stereocenters. The van der Waals surface area contributed by atoms with E-state index in [4.69, 9.17) is 11.6 Å². The van der Waals surface area contributed by atoms with Crippen molar-refractivity contribution in [1.82, 2.24) is 9.78 Å². The summed E-state index contributed by atoms with van der Waals surface area (Å²) < 4.78 is 1.75. The van der Waals surface area contributed by atoms with E-state index in [2.05, 4.69) is 28.0 Å². The van der Waals surface area contributed by atoms with Gasteiger partial charge in [0.05, 0.1) is 5.69 Å². The van der Waals surface area contributed by atoms with Crippen LogP contribution >= 0.6 is 27.5 Å². The third-order valence-corrected chi connectivity index (χ3v) is 3.97. The summed E-state index contributed by atoms with van der Waals surface area (Å²) in [6, 6.07) is 0. The molecule has 0 bridgehead atoms. The van der Waals surface area contributed by atoms with Crippen molar-refractivity contribution in [3.05, 3.63) is 16.4 Å². The molecule has 1 unspecified atom stereocenters. The molecule has 0 N–H and O–H groups in total. The molecule has 0 saturated heterocycles. The zero-order valence-electron chi connectivity index (χ0n) is 9.56. The third kappa shape index (κ3) is 3.49. The Morgan fingerprint density at radius 3 is 2.60 bits per heavy atom. The second-order valence-electron chi connectivity index (χ2n) is 3.90. The molecule has 1 aromatic rings. The maximum absolute atomic E-state index is 6.16. The van der Waals surface area contributed by atoms with E-state index in [1.807, 2.05) is 14.0 Å². The lowest BCUT2D eigenvalue weighted by Crippen LogP contribution is -2.00. The Balaban J connectivity index is 2.57. The topological polar surface area (TPSA) is 17.8 Å². The predicted molar refractivity (Wildman–Crippen MR) is 68.9 cm³/mol. The van der Waals surface area contributed by atoms with Gasteiger partial charge in [-0.3, -0.25) is 4.68 Å². The van der Waals surface area contributed by atoms with Gasteiger partial charge in [0.1, 0.15) is 5.15 Å². The van der Waals surface area contributed by atoms with Crippen LogP contribution < -0.4 is 0 Å².